The van der Waals surface area contributed by atoms with E-state index in [0.29, 0.717) is 25.5 Å². The predicted molar refractivity (Wildman–Crippen MR) is 63.8 cm³/mol. The summed E-state index contributed by atoms with van der Waals surface area (Å²) in [5.74, 6) is -0.639. The standard InChI is InChI=1S/C10H15N3O4S/c14-10(15)9-7-13(12-11-9)3-6-18(16)8-1-4-17-5-2-8/h7-8H,1-6H2,(H,14,15). The number of carboxylic acid groups (broad SMARTS) is 1. The normalized spacial score (nSPS) is 18.7. The molecule has 8 heteroatoms. The molecular weight excluding hydrogens is 258 g/mol. The van der Waals surface area contributed by atoms with Crippen LogP contribution in [0.5, 0.6) is 0 Å². The fraction of sp³-hybridized carbons (Fsp3) is 0.700. The first-order valence-electron chi connectivity index (χ1n) is 5.75. The highest BCUT2D eigenvalue weighted by Gasteiger charge is 2.20. The van der Waals surface area contributed by atoms with E-state index < -0.39 is 16.8 Å². The molecule has 0 bridgehead atoms. The van der Waals surface area contributed by atoms with Crippen LogP contribution >= 0.6 is 0 Å². The topological polar surface area (TPSA) is 94.3 Å². The molecule has 2 rings (SSSR count). The second-order valence-electron chi connectivity index (χ2n) is 4.07. The van der Waals surface area contributed by atoms with Crippen molar-refractivity contribution in [3.8, 4) is 0 Å². The first-order valence-corrected chi connectivity index (χ1v) is 7.13. The van der Waals surface area contributed by atoms with E-state index in [9.17, 15) is 9.00 Å². The Bertz CT molecular complexity index is 442. The summed E-state index contributed by atoms with van der Waals surface area (Å²) < 4.78 is 18.6. The monoisotopic (exact) mass is 273 g/mol. The molecule has 2 heterocycles. The quantitative estimate of drug-likeness (QED) is 0.805. The van der Waals surface area contributed by atoms with Gasteiger partial charge in [0.15, 0.2) is 5.69 Å². The molecule has 1 aromatic rings. The zero-order chi connectivity index (χ0) is 13.0. The van der Waals surface area contributed by atoms with Gasteiger partial charge in [0.2, 0.25) is 0 Å². The molecule has 1 unspecified atom stereocenters. The fourth-order valence-corrected chi connectivity index (χ4v) is 3.21. The van der Waals surface area contributed by atoms with Gasteiger partial charge in [-0.05, 0) is 12.8 Å². The highest BCUT2D eigenvalue weighted by molar-refractivity contribution is 7.85. The molecule has 0 radical (unpaired) electrons. The minimum Gasteiger partial charge on any atom is -0.476 e. The number of nitrogens with zero attached hydrogens (tertiary/aromatic N) is 3. The van der Waals surface area contributed by atoms with Gasteiger partial charge in [-0.3, -0.25) is 8.89 Å². The van der Waals surface area contributed by atoms with E-state index in [-0.39, 0.29) is 10.9 Å². The van der Waals surface area contributed by atoms with Crippen LogP contribution in [0.25, 0.3) is 0 Å². The van der Waals surface area contributed by atoms with Crippen LogP contribution in [-0.2, 0) is 22.1 Å². The molecule has 1 atom stereocenters. The molecule has 1 aliphatic heterocycles. The first-order chi connectivity index (χ1) is 8.66. The number of aryl methyl sites for hydroxylation is 1. The maximum Gasteiger partial charge on any atom is 0.358 e. The fourth-order valence-electron chi connectivity index (χ4n) is 1.79. The van der Waals surface area contributed by atoms with Gasteiger partial charge >= 0.3 is 5.97 Å². The molecule has 1 fully saturated rings. The third kappa shape index (κ3) is 3.36. The lowest BCUT2D eigenvalue weighted by molar-refractivity contribution is 0.0690. The molecule has 0 spiro atoms. The summed E-state index contributed by atoms with van der Waals surface area (Å²) in [7, 11) is -0.924. The molecule has 0 aliphatic carbocycles. The van der Waals surface area contributed by atoms with Gasteiger partial charge < -0.3 is 9.84 Å². The lowest BCUT2D eigenvalue weighted by atomic mass is 10.2. The van der Waals surface area contributed by atoms with Crippen molar-refractivity contribution in [3.05, 3.63) is 11.9 Å². The van der Waals surface area contributed by atoms with Crippen molar-refractivity contribution in [3.63, 3.8) is 0 Å². The minimum atomic E-state index is -1.10. The largest absolute Gasteiger partial charge is 0.476 e. The number of carboxylic acids is 1. The number of hydrogen-bond acceptors (Lipinski definition) is 5. The minimum absolute atomic E-state index is 0.0909. The Morgan fingerprint density at radius 3 is 2.89 bits per heavy atom. The van der Waals surface area contributed by atoms with Crippen molar-refractivity contribution in [1.82, 2.24) is 15.0 Å². The third-order valence-corrected chi connectivity index (χ3v) is 4.62. The molecule has 1 N–H and O–H groups in total. The maximum atomic E-state index is 12.0. The van der Waals surface area contributed by atoms with E-state index in [1.54, 1.807) is 0 Å². The van der Waals surface area contributed by atoms with Crippen molar-refractivity contribution in [1.29, 1.82) is 0 Å². The summed E-state index contributed by atoms with van der Waals surface area (Å²) >= 11 is 0. The van der Waals surface area contributed by atoms with Crippen molar-refractivity contribution in [2.24, 2.45) is 0 Å². The van der Waals surface area contributed by atoms with Crippen LogP contribution in [0.4, 0.5) is 0 Å². The molecule has 1 aliphatic rings. The van der Waals surface area contributed by atoms with Crippen molar-refractivity contribution >= 4 is 16.8 Å². The van der Waals surface area contributed by atoms with E-state index in [4.69, 9.17) is 9.84 Å². The van der Waals surface area contributed by atoms with Gasteiger partial charge in [-0.1, -0.05) is 5.21 Å². The maximum absolute atomic E-state index is 12.0. The molecule has 18 heavy (non-hydrogen) atoms. The van der Waals surface area contributed by atoms with Gasteiger partial charge in [-0.15, -0.1) is 5.10 Å². The van der Waals surface area contributed by atoms with Gasteiger partial charge in [-0.25, -0.2) is 4.79 Å². The molecule has 1 saturated heterocycles. The number of carbonyl (C=O) groups is 1. The highest BCUT2D eigenvalue weighted by Crippen LogP contribution is 2.13. The van der Waals surface area contributed by atoms with E-state index in [1.165, 1.54) is 10.9 Å². The Morgan fingerprint density at radius 2 is 2.28 bits per heavy atom. The van der Waals surface area contributed by atoms with E-state index in [2.05, 4.69) is 10.3 Å². The zero-order valence-corrected chi connectivity index (χ0v) is 10.6. The van der Waals surface area contributed by atoms with Gasteiger partial charge in [0.1, 0.15) is 0 Å². The summed E-state index contributed by atoms with van der Waals surface area (Å²) in [5.41, 5.74) is -0.0909. The first kappa shape index (κ1) is 13.2. The number of rotatable bonds is 5. The number of ether oxygens (including phenoxy) is 1. The second-order valence-corrected chi connectivity index (χ2v) is 5.91. The van der Waals surface area contributed by atoms with Crippen LogP contribution in [0.3, 0.4) is 0 Å². The average Bonchev–Trinajstić information content (AvgIpc) is 2.86. The summed E-state index contributed by atoms with van der Waals surface area (Å²) in [6.45, 7) is 1.76. The lowest BCUT2D eigenvalue weighted by Crippen LogP contribution is -2.27. The summed E-state index contributed by atoms with van der Waals surface area (Å²) in [6, 6.07) is 0. The van der Waals surface area contributed by atoms with Crippen LogP contribution in [-0.4, -0.2) is 54.5 Å². The molecular formula is C10H15N3O4S. The summed E-state index contributed by atoms with van der Waals surface area (Å²) in [5, 5.41) is 16.1. The van der Waals surface area contributed by atoms with Crippen molar-refractivity contribution in [2.75, 3.05) is 19.0 Å². The highest BCUT2D eigenvalue weighted by atomic mass is 32.2. The summed E-state index contributed by atoms with van der Waals surface area (Å²) in [6.07, 6.45) is 3.00. The van der Waals surface area contributed by atoms with Crippen LogP contribution in [0.15, 0.2) is 6.20 Å². The smallest absolute Gasteiger partial charge is 0.358 e. The van der Waals surface area contributed by atoms with Crippen LogP contribution in [0.1, 0.15) is 23.3 Å². The number of aromatic nitrogens is 3. The van der Waals surface area contributed by atoms with Crippen LogP contribution in [0.2, 0.25) is 0 Å². The lowest BCUT2D eigenvalue weighted by Gasteiger charge is -2.21. The van der Waals surface area contributed by atoms with Crippen molar-refractivity contribution in [2.45, 2.75) is 24.6 Å². The van der Waals surface area contributed by atoms with Gasteiger partial charge in [-0.2, -0.15) is 0 Å². The predicted octanol–water partition coefficient (Wildman–Crippen LogP) is -0.0960. The molecule has 7 nitrogen and oxygen atoms in total. The number of hydrogen-bond donors (Lipinski definition) is 1. The third-order valence-electron chi connectivity index (χ3n) is 2.82. The van der Waals surface area contributed by atoms with Gasteiger partial charge in [0.25, 0.3) is 0 Å². The molecule has 0 amide bonds. The van der Waals surface area contributed by atoms with Crippen LogP contribution in [0, 0.1) is 0 Å². The Morgan fingerprint density at radius 1 is 1.56 bits per heavy atom. The van der Waals surface area contributed by atoms with E-state index in [0.717, 1.165) is 12.8 Å². The molecule has 0 saturated carbocycles. The SMILES string of the molecule is O=C(O)c1cn(CCS(=O)C2CCOCC2)nn1. The second kappa shape index (κ2) is 6.05. The molecule has 100 valence electrons. The Balaban J connectivity index is 1.82. The van der Waals surface area contributed by atoms with E-state index >= 15 is 0 Å². The summed E-state index contributed by atoms with van der Waals surface area (Å²) in [4.78, 5) is 10.6. The average molecular weight is 273 g/mol. The molecule has 0 aromatic carbocycles. The Kier molecular flexibility index (Phi) is 4.43. The Labute approximate surface area is 107 Å². The van der Waals surface area contributed by atoms with Crippen molar-refractivity contribution < 1.29 is 18.8 Å². The molecule has 1 aromatic heterocycles. The van der Waals surface area contributed by atoms with E-state index in [1.807, 2.05) is 0 Å². The van der Waals surface area contributed by atoms with Crippen LogP contribution < -0.4 is 0 Å². The zero-order valence-electron chi connectivity index (χ0n) is 9.82. The number of aromatic carboxylic acids is 1. The van der Waals surface area contributed by atoms with Gasteiger partial charge in [0.05, 0.1) is 12.7 Å². The van der Waals surface area contributed by atoms with Gasteiger partial charge in [0, 0.05) is 35.0 Å². The Hall–Kier alpha value is -1.28.